The van der Waals surface area contributed by atoms with Gasteiger partial charge in [0.2, 0.25) is 5.78 Å². The summed E-state index contributed by atoms with van der Waals surface area (Å²) in [6.07, 6.45) is 3.40. The molecule has 4 nitrogen and oxygen atoms in total. The van der Waals surface area contributed by atoms with Gasteiger partial charge in [-0.25, -0.2) is 4.79 Å². The number of hydrogen-bond donors (Lipinski definition) is 0. The average molecular weight is 191 g/mol. The van der Waals surface area contributed by atoms with Crippen molar-refractivity contribution in [3.8, 4) is 0 Å². The molecule has 1 aromatic rings. The van der Waals surface area contributed by atoms with Crippen molar-refractivity contribution in [3.63, 3.8) is 0 Å². The van der Waals surface area contributed by atoms with Gasteiger partial charge in [0, 0.05) is 18.9 Å². The Balaban J connectivity index is 2.39. The summed E-state index contributed by atoms with van der Waals surface area (Å²) in [7, 11) is 1.84. The van der Waals surface area contributed by atoms with E-state index in [9.17, 15) is 9.59 Å². The third-order valence-corrected chi connectivity index (χ3v) is 2.13. The first-order valence-electron chi connectivity index (χ1n) is 4.22. The summed E-state index contributed by atoms with van der Waals surface area (Å²) < 4.78 is 6.43. The molecular formula is C10H9NO3. The van der Waals surface area contributed by atoms with Crippen LogP contribution >= 0.6 is 0 Å². The van der Waals surface area contributed by atoms with E-state index >= 15 is 0 Å². The van der Waals surface area contributed by atoms with Gasteiger partial charge in [0.15, 0.2) is 6.61 Å². The number of hydrogen-bond acceptors (Lipinski definition) is 3. The van der Waals surface area contributed by atoms with Gasteiger partial charge in [-0.15, -0.1) is 0 Å². The van der Waals surface area contributed by atoms with Crippen LogP contribution in [0.5, 0.6) is 0 Å². The number of cyclic esters (lactones) is 1. The monoisotopic (exact) mass is 191 g/mol. The lowest BCUT2D eigenvalue weighted by atomic mass is 10.2. The number of Topliss-reactive ketones (excluding diaryl/α,β-unsaturated/α-hetero) is 1. The minimum Gasteiger partial charge on any atom is -0.454 e. The van der Waals surface area contributed by atoms with Gasteiger partial charge in [0.25, 0.3) is 0 Å². The molecule has 0 unspecified atom stereocenters. The largest absolute Gasteiger partial charge is 0.454 e. The van der Waals surface area contributed by atoms with Gasteiger partial charge < -0.3 is 9.30 Å². The van der Waals surface area contributed by atoms with Crippen LogP contribution in [0.25, 0.3) is 6.08 Å². The minimum atomic E-state index is -0.531. The fourth-order valence-corrected chi connectivity index (χ4v) is 1.31. The Morgan fingerprint density at radius 2 is 2.29 bits per heavy atom. The van der Waals surface area contributed by atoms with Crippen molar-refractivity contribution >= 4 is 17.8 Å². The van der Waals surface area contributed by atoms with Crippen molar-refractivity contribution in [1.82, 2.24) is 4.57 Å². The van der Waals surface area contributed by atoms with Crippen LogP contribution < -0.4 is 0 Å². The Kier molecular flexibility index (Phi) is 1.96. The van der Waals surface area contributed by atoms with Gasteiger partial charge in [-0.1, -0.05) is 0 Å². The molecule has 0 saturated carbocycles. The smallest absolute Gasteiger partial charge is 0.342 e. The van der Waals surface area contributed by atoms with E-state index in [0.29, 0.717) is 0 Å². The first-order chi connectivity index (χ1) is 6.68. The molecule has 0 atom stereocenters. The number of rotatable bonds is 1. The molecule has 72 valence electrons. The summed E-state index contributed by atoms with van der Waals surface area (Å²) in [4.78, 5) is 22.3. The average Bonchev–Trinajstić information content (AvgIpc) is 2.67. The van der Waals surface area contributed by atoms with Crippen LogP contribution in [-0.2, 0) is 21.4 Å². The highest BCUT2D eigenvalue weighted by Crippen LogP contribution is 2.14. The summed E-state index contributed by atoms with van der Waals surface area (Å²) in [6, 6.07) is 3.67. The number of ether oxygens (including phenoxy) is 1. The van der Waals surface area contributed by atoms with Crippen molar-refractivity contribution in [2.75, 3.05) is 6.61 Å². The van der Waals surface area contributed by atoms with Gasteiger partial charge in [-0.2, -0.15) is 0 Å². The Morgan fingerprint density at radius 3 is 2.79 bits per heavy atom. The third-order valence-electron chi connectivity index (χ3n) is 2.13. The first-order valence-corrected chi connectivity index (χ1v) is 4.22. The van der Waals surface area contributed by atoms with Gasteiger partial charge in [0.05, 0.1) is 0 Å². The zero-order valence-corrected chi connectivity index (χ0v) is 7.69. The minimum absolute atomic E-state index is 0.130. The highest BCUT2D eigenvalue weighted by Gasteiger charge is 2.28. The highest BCUT2D eigenvalue weighted by molar-refractivity contribution is 6.24. The van der Waals surface area contributed by atoms with Crippen LogP contribution in [0.1, 0.15) is 5.69 Å². The van der Waals surface area contributed by atoms with E-state index in [1.807, 2.05) is 29.9 Å². The number of carbonyl (C=O) groups is 2. The van der Waals surface area contributed by atoms with Crippen LogP contribution in [0, 0.1) is 0 Å². The van der Waals surface area contributed by atoms with Gasteiger partial charge in [-0.3, -0.25) is 4.79 Å². The molecule has 0 amide bonds. The van der Waals surface area contributed by atoms with Gasteiger partial charge in [0.1, 0.15) is 5.57 Å². The van der Waals surface area contributed by atoms with Crippen LogP contribution in [0.3, 0.4) is 0 Å². The molecule has 1 aromatic heterocycles. The van der Waals surface area contributed by atoms with Crippen LogP contribution in [0.2, 0.25) is 0 Å². The molecule has 0 bridgehead atoms. The van der Waals surface area contributed by atoms with Crippen molar-refractivity contribution in [2.24, 2.45) is 7.05 Å². The summed E-state index contributed by atoms with van der Waals surface area (Å²) in [5.74, 6) is -0.785. The third kappa shape index (κ3) is 1.35. The Morgan fingerprint density at radius 1 is 1.50 bits per heavy atom. The van der Waals surface area contributed by atoms with Gasteiger partial charge in [-0.05, 0) is 18.2 Å². The van der Waals surface area contributed by atoms with Crippen molar-refractivity contribution in [3.05, 3.63) is 29.6 Å². The maximum Gasteiger partial charge on any atom is 0.342 e. The molecule has 1 saturated heterocycles. The molecule has 1 aliphatic heterocycles. The van der Waals surface area contributed by atoms with Crippen LogP contribution in [0.15, 0.2) is 23.9 Å². The SMILES string of the molecule is Cn1cccc1C=C1C(=O)COC1=O. The molecule has 0 radical (unpaired) electrons. The van der Waals surface area contributed by atoms with E-state index in [1.54, 1.807) is 6.08 Å². The molecule has 2 heterocycles. The second-order valence-corrected chi connectivity index (χ2v) is 3.10. The summed E-state index contributed by atoms with van der Waals surface area (Å²) >= 11 is 0. The number of esters is 1. The lowest BCUT2D eigenvalue weighted by molar-refractivity contribution is -0.135. The standard InChI is InChI=1S/C10H9NO3/c1-11-4-2-3-7(11)5-8-9(12)6-14-10(8)13/h2-5H,6H2,1H3. The van der Waals surface area contributed by atoms with Crippen LogP contribution in [0.4, 0.5) is 0 Å². The number of ketones is 1. The predicted octanol–water partition coefficient (Wildman–Crippen LogP) is 0.534. The molecule has 14 heavy (non-hydrogen) atoms. The molecule has 0 aromatic carbocycles. The molecule has 0 N–H and O–H groups in total. The zero-order valence-electron chi connectivity index (χ0n) is 7.69. The molecule has 2 rings (SSSR count). The fourth-order valence-electron chi connectivity index (χ4n) is 1.31. The molecule has 0 aliphatic carbocycles. The maximum absolute atomic E-state index is 11.2. The molecule has 1 fully saturated rings. The van der Waals surface area contributed by atoms with E-state index in [4.69, 9.17) is 0 Å². The number of aryl methyl sites for hydroxylation is 1. The first kappa shape index (κ1) is 8.74. The number of carbonyl (C=O) groups excluding carboxylic acids is 2. The van der Waals surface area contributed by atoms with E-state index in [0.717, 1.165) is 5.69 Å². The summed E-state index contributed by atoms with van der Waals surface area (Å²) in [5, 5.41) is 0. The van der Waals surface area contributed by atoms with E-state index in [2.05, 4.69) is 4.74 Å². The predicted molar refractivity (Wildman–Crippen MR) is 49.4 cm³/mol. The van der Waals surface area contributed by atoms with E-state index < -0.39 is 5.97 Å². The number of nitrogens with zero attached hydrogens (tertiary/aromatic N) is 1. The molecule has 0 spiro atoms. The lowest BCUT2D eigenvalue weighted by Crippen LogP contribution is -2.01. The van der Waals surface area contributed by atoms with Crippen LogP contribution in [-0.4, -0.2) is 22.9 Å². The summed E-state index contributed by atoms with van der Waals surface area (Å²) in [5.41, 5.74) is 0.944. The fraction of sp³-hybridized carbons (Fsp3) is 0.200. The van der Waals surface area contributed by atoms with E-state index in [1.165, 1.54) is 0 Å². The van der Waals surface area contributed by atoms with Crippen molar-refractivity contribution in [2.45, 2.75) is 0 Å². The van der Waals surface area contributed by atoms with Gasteiger partial charge >= 0.3 is 5.97 Å². The van der Waals surface area contributed by atoms with Crippen molar-refractivity contribution in [1.29, 1.82) is 0 Å². The summed E-state index contributed by atoms with van der Waals surface area (Å²) in [6.45, 7) is -0.130. The second kappa shape index (κ2) is 3.14. The zero-order chi connectivity index (χ0) is 10.1. The molecular weight excluding hydrogens is 182 g/mol. The number of aromatic nitrogens is 1. The molecule has 4 heteroatoms. The topological polar surface area (TPSA) is 48.3 Å². The lowest BCUT2D eigenvalue weighted by Gasteiger charge is -1.96. The maximum atomic E-state index is 11.2. The normalized spacial score (nSPS) is 19.1. The highest BCUT2D eigenvalue weighted by atomic mass is 16.5. The van der Waals surface area contributed by atoms with E-state index in [-0.39, 0.29) is 18.0 Å². The second-order valence-electron chi connectivity index (χ2n) is 3.10. The van der Waals surface area contributed by atoms with Crippen molar-refractivity contribution < 1.29 is 14.3 Å². The quantitative estimate of drug-likeness (QED) is 0.369. The molecule has 1 aliphatic rings. The Labute approximate surface area is 80.8 Å². The Bertz CT molecular complexity index is 410. The Hall–Kier alpha value is -1.84.